The number of carbonyl (C=O) groups excluding carboxylic acids is 1. The first-order valence-corrected chi connectivity index (χ1v) is 7.25. The molecule has 5 heteroatoms. The summed E-state index contributed by atoms with van der Waals surface area (Å²) >= 11 is 0. The Hall–Kier alpha value is -2.66. The third-order valence-corrected chi connectivity index (χ3v) is 3.95. The number of aliphatic carboxylic acids is 1. The molecule has 1 N–H and O–H groups in total. The molecule has 2 aromatic carbocycles. The Kier molecular flexibility index (Phi) is 4.12. The lowest BCUT2D eigenvalue weighted by atomic mass is 9.83. The van der Waals surface area contributed by atoms with Crippen LogP contribution in [-0.4, -0.2) is 30.3 Å². The monoisotopic (exact) mass is 312 g/mol. The van der Waals surface area contributed by atoms with Crippen molar-refractivity contribution in [3.05, 3.63) is 65.2 Å². The van der Waals surface area contributed by atoms with Crippen LogP contribution < -0.4 is 4.74 Å². The molecule has 0 saturated heterocycles. The van der Waals surface area contributed by atoms with Crippen LogP contribution in [-0.2, 0) is 20.7 Å². The number of fused-ring (bicyclic) bond motifs is 1. The molecule has 1 heterocycles. The third-order valence-electron chi connectivity index (χ3n) is 3.95. The Bertz CT molecular complexity index is 738. The van der Waals surface area contributed by atoms with E-state index in [-0.39, 0.29) is 12.3 Å². The van der Waals surface area contributed by atoms with Crippen LogP contribution in [0.4, 0.5) is 0 Å². The molecule has 3 rings (SSSR count). The van der Waals surface area contributed by atoms with Crippen molar-refractivity contribution < 1.29 is 24.2 Å². The van der Waals surface area contributed by atoms with E-state index < -0.39 is 18.0 Å². The lowest BCUT2D eigenvalue weighted by Gasteiger charge is -2.32. The molecule has 2 unspecified atom stereocenters. The summed E-state index contributed by atoms with van der Waals surface area (Å²) in [7, 11) is 1.47. The first-order valence-electron chi connectivity index (χ1n) is 7.25. The van der Waals surface area contributed by atoms with Gasteiger partial charge < -0.3 is 14.6 Å². The molecule has 118 valence electrons. The Balaban J connectivity index is 2.16. The lowest BCUT2D eigenvalue weighted by molar-refractivity contribution is -0.148. The average Bonchev–Trinajstić information content (AvgIpc) is 2.54. The third kappa shape index (κ3) is 2.83. The molecule has 0 aliphatic carbocycles. The number of hydrogen-bond acceptors (Lipinski definition) is 4. The zero-order valence-corrected chi connectivity index (χ0v) is 12.6. The zero-order chi connectivity index (χ0) is 16.4. The maximum Gasteiger partial charge on any atom is 0.341 e. The zero-order valence-electron chi connectivity index (χ0n) is 12.6. The summed E-state index contributed by atoms with van der Waals surface area (Å²) in [6, 6.07) is 14.8. The second-order valence-corrected chi connectivity index (χ2v) is 5.37. The van der Waals surface area contributed by atoms with Crippen molar-refractivity contribution in [2.45, 2.75) is 18.4 Å². The normalized spacial score (nSPS) is 19.8. The molecule has 1 aliphatic heterocycles. The molecule has 2 aromatic rings. The van der Waals surface area contributed by atoms with Gasteiger partial charge in [-0.1, -0.05) is 48.5 Å². The van der Waals surface area contributed by atoms with Crippen molar-refractivity contribution in [1.82, 2.24) is 0 Å². The molecule has 0 spiro atoms. The SMILES string of the molecule is COC1C(=O)Oc2c(CC(=O)O)cccc2C1c1ccccc1. The largest absolute Gasteiger partial charge is 0.481 e. The topological polar surface area (TPSA) is 72.8 Å². The number of carboxylic acids is 1. The van der Waals surface area contributed by atoms with Gasteiger partial charge in [-0.2, -0.15) is 0 Å². The summed E-state index contributed by atoms with van der Waals surface area (Å²) in [5.74, 6) is -1.47. The van der Waals surface area contributed by atoms with E-state index in [9.17, 15) is 9.59 Å². The quantitative estimate of drug-likeness (QED) is 0.693. The fraction of sp³-hybridized carbons (Fsp3) is 0.222. The summed E-state index contributed by atoms with van der Waals surface area (Å²) in [6.07, 6.45) is -0.958. The smallest absolute Gasteiger partial charge is 0.341 e. The highest BCUT2D eigenvalue weighted by Crippen LogP contribution is 2.41. The summed E-state index contributed by atoms with van der Waals surface area (Å²) in [4.78, 5) is 23.4. The van der Waals surface area contributed by atoms with Crippen molar-refractivity contribution >= 4 is 11.9 Å². The first kappa shape index (κ1) is 15.2. The van der Waals surface area contributed by atoms with Gasteiger partial charge in [0.2, 0.25) is 0 Å². The number of methoxy groups -OCH3 is 1. The Morgan fingerprint density at radius 1 is 1.17 bits per heavy atom. The number of ether oxygens (including phenoxy) is 2. The number of hydrogen-bond donors (Lipinski definition) is 1. The number of carboxylic acid groups (broad SMARTS) is 1. The van der Waals surface area contributed by atoms with Gasteiger partial charge in [-0.3, -0.25) is 4.79 Å². The van der Waals surface area contributed by atoms with Gasteiger partial charge in [0.15, 0.2) is 6.10 Å². The number of rotatable bonds is 4. The van der Waals surface area contributed by atoms with E-state index in [1.54, 1.807) is 12.1 Å². The Labute approximate surface area is 133 Å². The van der Waals surface area contributed by atoms with Crippen LogP contribution in [0.1, 0.15) is 22.6 Å². The van der Waals surface area contributed by atoms with E-state index in [4.69, 9.17) is 14.6 Å². The van der Waals surface area contributed by atoms with Gasteiger partial charge in [-0.15, -0.1) is 0 Å². The fourth-order valence-corrected chi connectivity index (χ4v) is 2.98. The van der Waals surface area contributed by atoms with E-state index in [1.165, 1.54) is 7.11 Å². The van der Waals surface area contributed by atoms with Gasteiger partial charge in [0.1, 0.15) is 5.75 Å². The van der Waals surface area contributed by atoms with Crippen LogP contribution in [0.15, 0.2) is 48.5 Å². The molecule has 5 nitrogen and oxygen atoms in total. The van der Waals surface area contributed by atoms with Crippen molar-refractivity contribution in [2.75, 3.05) is 7.11 Å². The summed E-state index contributed by atoms with van der Waals surface area (Å²) in [5, 5.41) is 9.05. The molecule has 0 aromatic heterocycles. The van der Waals surface area contributed by atoms with Gasteiger partial charge in [-0.25, -0.2) is 4.79 Å². The van der Waals surface area contributed by atoms with Gasteiger partial charge in [0.25, 0.3) is 0 Å². The predicted molar refractivity (Wildman–Crippen MR) is 82.5 cm³/mol. The van der Waals surface area contributed by atoms with E-state index in [0.717, 1.165) is 11.1 Å². The first-order chi connectivity index (χ1) is 11.1. The second-order valence-electron chi connectivity index (χ2n) is 5.37. The molecule has 1 aliphatic rings. The number of benzene rings is 2. The van der Waals surface area contributed by atoms with Gasteiger partial charge in [0, 0.05) is 24.2 Å². The van der Waals surface area contributed by atoms with E-state index in [1.807, 2.05) is 36.4 Å². The van der Waals surface area contributed by atoms with Crippen LogP contribution in [0.5, 0.6) is 5.75 Å². The van der Waals surface area contributed by atoms with Crippen molar-refractivity contribution in [3.8, 4) is 5.75 Å². The van der Waals surface area contributed by atoms with E-state index in [0.29, 0.717) is 11.3 Å². The van der Waals surface area contributed by atoms with Gasteiger partial charge in [0.05, 0.1) is 6.42 Å². The number of para-hydroxylation sites is 1. The van der Waals surface area contributed by atoms with Crippen LogP contribution in [0, 0.1) is 0 Å². The maximum absolute atomic E-state index is 12.3. The van der Waals surface area contributed by atoms with Crippen molar-refractivity contribution in [1.29, 1.82) is 0 Å². The van der Waals surface area contributed by atoms with Crippen LogP contribution in [0.3, 0.4) is 0 Å². The maximum atomic E-state index is 12.3. The Morgan fingerprint density at radius 2 is 1.91 bits per heavy atom. The van der Waals surface area contributed by atoms with Crippen LogP contribution in [0.2, 0.25) is 0 Å². The summed E-state index contributed by atoms with van der Waals surface area (Å²) in [6.45, 7) is 0. The second kappa shape index (κ2) is 6.22. The molecule has 0 amide bonds. The van der Waals surface area contributed by atoms with Gasteiger partial charge in [-0.05, 0) is 5.56 Å². The molecule has 0 saturated carbocycles. The number of carbonyl (C=O) groups is 2. The summed E-state index contributed by atoms with van der Waals surface area (Å²) < 4.78 is 10.7. The predicted octanol–water partition coefficient (Wildman–Crippen LogP) is 2.38. The van der Waals surface area contributed by atoms with Gasteiger partial charge >= 0.3 is 11.9 Å². The van der Waals surface area contributed by atoms with E-state index in [2.05, 4.69) is 0 Å². The van der Waals surface area contributed by atoms with E-state index >= 15 is 0 Å². The molecular weight excluding hydrogens is 296 g/mol. The number of esters is 1. The molecule has 23 heavy (non-hydrogen) atoms. The van der Waals surface area contributed by atoms with Crippen LogP contribution >= 0.6 is 0 Å². The standard InChI is InChI=1S/C18H16O5/c1-22-17-15(11-6-3-2-4-7-11)13-9-5-8-12(10-14(19)20)16(13)23-18(17)21/h2-9,15,17H,10H2,1H3,(H,19,20). The molecule has 2 atom stereocenters. The highest BCUT2D eigenvalue weighted by molar-refractivity contribution is 5.84. The molecule has 0 bridgehead atoms. The van der Waals surface area contributed by atoms with Crippen molar-refractivity contribution in [2.24, 2.45) is 0 Å². The minimum Gasteiger partial charge on any atom is -0.481 e. The Morgan fingerprint density at radius 3 is 2.57 bits per heavy atom. The summed E-state index contributed by atoms with van der Waals surface area (Å²) in [5.41, 5.74) is 2.17. The minimum atomic E-state index is -0.973. The van der Waals surface area contributed by atoms with Crippen molar-refractivity contribution in [3.63, 3.8) is 0 Å². The average molecular weight is 312 g/mol. The lowest BCUT2D eigenvalue weighted by Crippen LogP contribution is -2.39. The fourth-order valence-electron chi connectivity index (χ4n) is 2.98. The highest BCUT2D eigenvalue weighted by Gasteiger charge is 2.39. The highest BCUT2D eigenvalue weighted by atomic mass is 16.6. The molecule has 0 fully saturated rings. The molecular formula is C18H16O5. The minimum absolute atomic E-state index is 0.199. The van der Waals surface area contributed by atoms with Crippen LogP contribution in [0.25, 0.3) is 0 Å². The molecule has 0 radical (unpaired) electrons.